The topological polar surface area (TPSA) is 87.3 Å². The van der Waals surface area contributed by atoms with Gasteiger partial charge in [-0.3, -0.25) is 4.79 Å². The standard InChI is InChI=1S/C6H10N3O3.Y/c1-7-5(11)4-9-6(12)8-2-3-10;/h2,4H2,1H3,(H,7,11)(H2,8,9,12);/q-1;. The molecule has 0 aromatic heterocycles. The third-order valence-corrected chi connectivity index (χ3v) is 1.01. The van der Waals surface area contributed by atoms with Crippen molar-refractivity contribution < 1.29 is 47.1 Å². The quantitative estimate of drug-likeness (QED) is 0.518. The van der Waals surface area contributed by atoms with Crippen LogP contribution in [0, 0.1) is 0 Å². The van der Waals surface area contributed by atoms with Crippen LogP contribution in [-0.2, 0) is 42.3 Å². The Morgan fingerprint density at radius 1 is 1.31 bits per heavy atom. The van der Waals surface area contributed by atoms with Crippen molar-refractivity contribution in [3.63, 3.8) is 0 Å². The van der Waals surface area contributed by atoms with Gasteiger partial charge in [-0.2, -0.15) is 0 Å². The van der Waals surface area contributed by atoms with Crippen molar-refractivity contribution >= 4 is 18.2 Å². The molecule has 3 N–H and O–H groups in total. The maximum Gasteiger partial charge on any atom is 0.312 e. The SMILES string of the molecule is CNC(=O)CNC(=O)NC[C-]=O.[Y]. The Morgan fingerprint density at radius 2 is 1.92 bits per heavy atom. The molecule has 7 heteroatoms. The van der Waals surface area contributed by atoms with E-state index in [2.05, 4.69) is 16.0 Å². The van der Waals surface area contributed by atoms with Crippen LogP contribution in [0.4, 0.5) is 4.79 Å². The van der Waals surface area contributed by atoms with Gasteiger partial charge in [0.2, 0.25) is 5.91 Å². The predicted molar refractivity (Wildman–Crippen MR) is 41.2 cm³/mol. The van der Waals surface area contributed by atoms with Crippen molar-refractivity contribution in [3.8, 4) is 0 Å². The van der Waals surface area contributed by atoms with E-state index in [0.29, 0.717) is 0 Å². The van der Waals surface area contributed by atoms with E-state index in [0.717, 1.165) is 0 Å². The minimum Gasteiger partial charge on any atom is -0.540 e. The van der Waals surface area contributed by atoms with Gasteiger partial charge in [0.25, 0.3) is 0 Å². The molecule has 0 aliphatic rings. The van der Waals surface area contributed by atoms with Gasteiger partial charge in [0.15, 0.2) is 0 Å². The first kappa shape index (κ1) is 15.0. The molecule has 71 valence electrons. The van der Waals surface area contributed by atoms with E-state index in [1.54, 1.807) is 0 Å². The molecule has 0 aliphatic heterocycles. The van der Waals surface area contributed by atoms with Gasteiger partial charge in [-0.1, -0.05) is 6.54 Å². The van der Waals surface area contributed by atoms with Crippen molar-refractivity contribution in [1.29, 1.82) is 0 Å². The number of nitrogens with one attached hydrogen (secondary N) is 3. The third-order valence-electron chi connectivity index (χ3n) is 1.01. The first-order valence-corrected chi connectivity index (χ1v) is 3.28. The molecule has 0 rings (SSSR count). The molecule has 0 spiro atoms. The first-order valence-electron chi connectivity index (χ1n) is 3.28. The number of carbonyl (C=O) groups excluding carboxylic acids is 3. The fourth-order valence-electron chi connectivity index (χ4n) is 0.428. The van der Waals surface area contributed by atoms with Gasteiger partial charge in [0.1, 0.15) is 0 Å². The van der Waals surface area contributed by atoms with E-state index in [1.165, 1.54) is 13.3 Å². The largest absolute Gasteiger partial charge is 0.540 e. The van der Waals surface area contributed by atoms with Crippen molar-refractivity contribution in [1.82, 2.24) is 16.0 Å². The molecule has 0 aromatic rings. The number of hydrogen-bond donors (Lipinski definition) is 3. The summed E-state index contributed by atoms with van der Waals surface area (Å²) >= 11 is 0. The Morgan fingerprint density at radius 3 is 2.38 bits per heavy atom. The maximum absolute atomic E-state index is 10.6. The molecule has 0 aliphatic carbocycles. The smallest absolute Gasteiger partial charge is 0.312 e. The third kappa shape index (κ3) is 9.43. The van der Waals surface area contributed by atoms with Gasteiger partial charge in [-0.25, -0.2) is 11.1 Å². The van der Waals surface area contributed by atoms with E-state index in [9.17, 15) is 14.4 Å². The average Bonchev–Trinajstić information content (AvgIpc) is 2.10. The van der Waals surface area contributed by atoms with Crippen LogP contribution in [0.25, 0.3) is 0 Å². The molecular formula is C6H10N3O3Y-. The van der Waals surface area contributed by atoms with Crippen molar-refractivity contribution in [2.75, 3.05) is 20.1 Å². The Hall–Kier alpha value is -0.486. The minimum absolute atomic E-state index is 0. The van der Waals surface area contributed by atoms with Crippen LogP contribution in [-0.4, -0.2) is 38.4 Å². The second-order valence-corrected chi connectivity index (χ2v) is 1.85. The molecule has 0 fully saturated rings. The molecule has 6 nitrogen and oxygen atoms in total. The Balaban J connectivity index is 0. The molecule has 0 unspecified atom stereocenters. The summed E-state index contributed by atoms with van der Waals surface area (Å²) in [5, 5.41) is 6.70. The zero-order valence-corrected chi connectivity index (χ0v) is 10.1. The van der Waals surface area contributed by atoms with Crippen molar-refractivity contribution in [2.24, 2.45) is 0 Å². The molecule has 0 atom stereocenters. The summed E-state index contributed by atoms with van der Waals surface area (Å²) in [7, 11) is 1.46. The van der Waals surface area contributed by atoms with Gasteiger partial charge < -0.3 is 20.7 Å². The fourth-order valence-corrected chi connectivity index (χ4v) is 0.428. The monoisotopic (exact) mass is 261 g/mol. The molecule has 0 saturated heterocycles. The summed E-state index contributed by atoms with van der Waals surface area (Å²) in [4.78, 5) is 30.9. The molecular weight excluding hydrogens is 251 g/mol. The molecule has 0 heterocycles. The number of likely N-dealkylation sites (N-methyl/N-ethyl adjacent to an activating group) is 1. The zero-order chi connectivity index (χ0) is 9.40. The normalized spacial score (nSPS) is 7.77. The van der Waals surface area contributed by atoms with Crippen LogP contribution in [0.15, 0.2) is 0 Å². The Bertz CT molecular complexity index is 186. The Labute approximate surface area is 101 Å². The molecule has 3 amide bonds. The maximum atomic E-state index is 10.6. The summed E-state index contributed by atoms with van der Waals surface area (Å²) in [6.45, 7) is -0.291. The second kappa shape index (κ2) is 9.60. The van der Waals surface area contributed by atoms with E-state index >= 15 is 0 Å². The summed E-state index contributed by atoms with van der Waals surface area (Å²) in [5.41, 5.74) is 0. The summed E-state index contributed by atoms with van der Waals surface area (Å²) in [5.74, 6) is -0.305. The van der Waals surface area contributed by atoms with Gasteiger partial charge >= 0.3 is 6.03 Å². The van der Waals surface area contributed by atoms with Crippen molar-refractivity contribution in [3.05, 3.63) is 0 Å². The number of rotatable bonds is 4. The summed E-state index contributed by atoms with van der Waals surface area (Å²) in [6.07, 6.45) is 1.48. The van der Waals surface area contributed by atoms with E-state index < -0.39 is 6.03 Å². The van der Waals surface area contributed by atoms with Crippen LogP contribution in [0.1, 0.15) is 0 Å². The van der Waals surface area contributed by atoms with E-state index in [-0.39, 0.29) is 51.7 Å². The van der Waals surface area contributed by atoms with Crippen LogP contribution in [0.3, 0.4) is 0 Å². The second-order valence-electron chi connectivity index (χ2n) is 1.85. The van der Waals surface area contributed by atoms with Gasteiger partial charge in [-0.05, 0) is 0 Å². The van der Waals surface area contributed by atoms with Gasteiger partial charge in [0.05, 0.1) is 6.54 Å². The molecule has 0 bridgehead atoms. The van der Waals surface area contributed by atoms with Crippen molar-refractivity contribution in [2.45, 2.75) is 0 Å². The van der Waals surface area contributed by atoms with Crippen LogP contribution in [0.5, 0.6) is 0 Å². The summed E-state index contributed by atoms with van der Waals surface area (Å²) < 4.78 is 0. The predicted octanol–water partition coefficient (Wildman–Crippen LogP) is -1.86. The van der Waals surface area contributed by atoms with Gasteiger partial charge in [0, 0.05) is 39.8 Å². The molecule has 0 saturated carbocycles. The molecule has 13 heavy (non-hydrogen) atoms. The van der Waals surface area contributed by atoms with Crippen LogP contribution in [0.2, 0.25) is 0 Å². The average molecular weight is 261 g/mol. The Kier molecular flexibility index (Phi) is 11.1. The fraction of sp³-hybridized carbons (Fsp3) is 0.500. The first-order chi connectivity index (χ1) is 5.70. The number of carbonyl (C=O) groups is 2. The van der Waals surface area contributed by atoms with Crippen LogP contribution < -0.4 is 16.0 Å². The number of amides is 3. The summed E-state index contributed by atoms with van der Waals surface area (Å²) in [6, 6.07) is -0.568. The number of hydrogen-bond acceptors (Lipinski definition) is 3. The molecule has 1 radical (unpaired) electrons. The zero-order valence-electron chi connectivity index (χ0n) is 7.22. The van der Waals surface area contributed by atoms with Gasteiger partial charge in [-0.15, -0.1) is 0 Å². The molecule has 0 aromatic carbocycles. The number of urea groups is 1. The van der Waals surface area contributed by atoms with Crippen LogP contribution >= 0.6 is 0 Å². The minimum atomic E-state index is -0.568. The van der Waals surface area contributed by atoms with E-state index in [1.807, 2.05) is 0 Å². The van der Waals surface area contributed by atoms with E-state index in [4.69, 9.17) is 0 Å².